The van der Waals surface area contributed by atoms with E-state index in [9.17, 15) is 9.90 Å². The number of rotatable bonds is 4. The van der Waals surface area contributed by atoms with Crippen LogP contribution in [0.3, 0.4) is 0 Å². The summed E-state index contributed by atoms with van der Waals surface area (Å²) in [7, 11) is 3.27. The van der Waals surface area contributed by atoms with Gasteiger partial charge in [0.05, 0.1) is 31.5 Å². The van der Waals surface area contributed by atoms with Crippen molar-refractivity contribution in [3.8, 4) is 11.5 Å². The molecule has 3 aromatic rings. The van der Waals surface area contributed by atoms with E-state index in [0.717, 1.165) is 17.5 Å². The molecule has 0 unspecified atom stereocenters. The van der Waals surface area contributed by atoms with Crippen molar-refractivity contribution >= 4 is 11.7 Å². The zero-order valence-electron chi connectivity index (χ0n) is 16.9. The molecule has 0 aromatic heterocycles. The van der Waals surface area contributed by atoms with Crippen molar-refractivity contribution in [3.63, 3.8) is 0 Å². The Balaban J connectivity index is 1.74. The summed E-state index contributed by atoms with van der Waals surface area (Å²) >= 11 is 0. The number of anilines is 1. The second kappa shape index (κ2) is 7.10. The van der Waals surface area contributed by atoms with Crippen molar-refractivity contribution in [1.82, 2.24) is 0 Å². The number of para-hydroxylation sites is 2. The fourth-order valence-corrected chi connectivity index (χ4v) is 5.23. The Bertz CT molecular complexity index is 1140. The van der Waals surface area contributed by atoms with Gasteiger partial charge in [-0.3, -0.25) is 0 Å². The first kappa shape index (κ1) is 18.6. The van der Waals surface area contributed by atoms with Gasteiger partial charge in [0.25, 0.3) is 0 Å². The van der Waals surface area contributed by atoms with E-state index in [0.29, 0.717) is 22.7 Å². The van der Waals surface area contributed by atoms with E-state index >= 15 is 0 Å². The highest BCUT2D eigenvalue weighted by Crippen LogP contribution is 2.56. The predicted molar refractivity (Wildman–Crippen MR) is 115 cm³/mol. The van der Waals surface area contributed by atoms with Crippen LogP contribution in [0.5, 0.6) is 11.5 Å². The van der Waals surface area contributed by atoms with Crippen LogP contribution in [0.1, 0.15) is 44.6 Å². The normalized spacial score (nSPS) is 21.1. The minimum atomic E-state index is -0.930. The zero-order chi connectivity index (χ0) is 20.8. The van der Waals surface area contributed by atoms with E-state index in [1.807, 2.05) is 30.3 Å². The molecule has 0 radical (unpaired) electrons. The van der Waals surface area contributed by atoms with Gasteiger partial charge in [-0.2, -0.15) is 0 Å². The van der Waals surface area contributed by atoms with E-state index in [1.165, 1.54) is 11.1 Å². The zero-order valence-corrected chi connectivity index (χ0v) is 16.9. The van der Waals surface area contributed by atoms with Gasteiger partial charge in [0.2, 0.25) is 0 Å². The molecule has 2 aliphatic rings. The molecule has 2 N–H and O–H groups in total. The standard InChI is InChI=1S/C25H23NO4/c1-29-20-12-6-10-17(24(20)30-2)23-19-13-14-7-3-4-8-15(14)21(19)16-9-5-11-18(25(27)28)22(16)26-23/h3-12,19,21,23,26H,13H2,1-2H3,(H,27,28)/t19-,21+,23-/m0/s1. The third-order valence-corrected chi connectivity index (χ3v) is 6.43. The average molecular weight is 401 g/mol. The Kier molecular flexibility index (Phi) is 4.39. The molecule has 5 heteroatoms. The lowest BCUT2D eigenvalue weighted by molar-refractivity contribution is 0.0697. The quantitative estimate of drug-likeness (QED) is 0.653. The highest BCUT2D eigenvalue weighted by atomic mass is 16.5. The molecule has 0 fully saturated rings. The van der Waals surface area contributed by atoms with Gasteiger partial charge >= 0.3 is 5.97 Å². The lowest BCUT2D eigenvalue weighted by Gasteiger charge is -2.39. The van der Waals surface area contributed by atoms with E-state index < -0.39 is 5.97 Å². The fraction of sp³-hybridized carbons (Fsp3) is 0.240. The summed E-state index contributed by atoms with van der Waals surface area (Å²) in [6, 6.07) is 19.8. The van der Waals surface area contributed by atoms with Crippen molar-refractivity contribution in [2.24, 2.45) is 5.92 Å². The van der Waals surface area contributed by atoms with Gasteiger partial charge in [-0.15, -0.1) is 0 Å². The van der Waals surface area contributed by atoms with Gasteiger partial charge < -0.3 is 19.9 Å². The first-order valence-electron chi connectivity index (χ1n) is 10.1. The van der Waals surface area contributed by atoms with Gasteiger partial charge in [-0.05, 0) is 41.2 Å². The number of hydrogen-bond acceptors (Lipinski definition) is 4. The number of nitrogens with one attached hydrogen (secondary N) is 1. The van der Waals surface area contributed by atoms with Crippen molar-refractivity contribution in [2.45, 2.75) is 18.4 Å². The molecule has 152 valence electrons. The maximum Gasteiger partial charge on any atom is 0.337 e. The number of ether oxygens (including phenoxy) is 2. The molecule has 1 aliphatic heterocycles. The molecule has 0 saturated carbocycles. The summed E-state index contributed by atoms with van der Waals surface area (Å²) in [5.41, 5.74) is 5.60. The van der Waals surface area contributed by atoms with Crippen LogP contribution in [0.4, 0.5) is 5.69 Å². The molecule has 0 spiro atoms. The number of aromatic carboxylic acids is 1. The van der Waals surface area contributed by atoms with Crippen molar-refractivity contribution in [1.29, 1.82) is 0 Å². The predicted octanol–water partition coefficient (Wildman–Crippen LogP) is 4.87. The van der Waals surface area contributed by atoms with Gasteiger partial charge in [0.1, 0.15) is 0 Å². The molecule has 0 bridgehead atoms. The van der Waals surface area contributed by atoms with Crippen molar-refractivity contribution in [2.75, 3.05) is 19.5 Å². The second-order valence-electron chi connectivity index (χ2n) is 7.82. The maximum absolute atomic E-state index is 12.0. The van der Waals surface area contributed by atoms with E-state index in [-0.39, 0.29) is 17.9 Å². The molecule has 3 aromatic carbocycles. The average Bonchev–Trinajstić information content (AvgIpc) is 3.17. The van der Waals surface area contributed by atoms with E-state index in [2.05, 4.69) is 29.6 Å². The third-order valence-electron chi connectivity index (χ3n) is 6.43. The monoisotopic (exact) mass is 401 g/mol. The van der Waals surface area contributed by atoms with Crippen LogP contribution in [0.25, 0.3) is 0 Å². The molecule has 1 heterocycles. The molecule has 5 rings (SSSR count). The SMILES string of the molecule is COc1cccc([C@@H]2Nc3c(C(=O)O)cccc3[C@H]3c4ccccc4C[C@@H]32)c1OC. The van der Waals surface area contributed by atoms with Crippen molar-refractivity contribution < 1.29 is 19.4 Å². The van der Waals surface area contributed by atoms with Crippen molar-refractivity contribution in [3.05, 3.63) is 88.5 Å². The lowest BCUT2D eigenvalue weighted by Crippen LogP contribution is -2.31. The molecule has 0 amide bonds. The number of fused-ring (bicyclic) bond motifs is 5. The number of benzene rings is 3. The molecule has 30 heavy (non-hydrogen) atoms. The topological polar surface area (TPSA) is 67.8 Å². The Morgan fingerprint density at radius 3 is 2.43 bits per heavy atom. The van der Waals surface area contributed by atoms with Crippen LogP contribution >= 0.6 is 0 Å². The van der Waals surface area contributed by atoms with Gasteiger partial charge in [0, 0.05) is 11.5 Å². The van der Waals surface area contributed by atoms with E-state index in [4.69, 9.17) is 9.47 Å². The maximum atomic E-state index is 12.0. The Labute approximate surface area is 175 Å². The highest BCUT2D eigenvalue weighted by Gasteiger charge is 2.45. The number of hydrogen-bond donors (Lipinski definition) is 2. The Morgan fingerprint density at radius 1 is 0.933 bits per heavy atom. The van der Waals surface area contributed by atoms with Crippen LogP contribution in [0, 0.1) is 5.92 Å². The van der Waals surface area contributed by atoms with Crippen LogP contribution in [-0.2, 0) is 6.42 Å². The number of methoxy groups -OCH3 is 2. The van der Waals surface area contributed by atoms with Gasteiger partial charge in [-0.1, -0.05) is 48.5 Å². The second-order valence-corrected chi connectivity index (χ2v) is 7.82. The number of carboxylic acid groups (broad SMARTS) is 1. The number of carbonyl (C=O) groups is 1. The summed E-state index contributed by atoms with van der Waals surface area (Å²) in [6.45, 7) is 0. The summed E-state index contributed by atoms with van der Waals surface area (Å²) in [5.74, 6) is 0.780. The summed E-state index contributed by atoms with van der Waals surface area (Å²) < 4.78 is 11.3. The Hall–Kier alpha value is -3.47. The molecule has 3 atom stereocenters. The van der Waals surface area contributed by atoms with Gasteiger partial charge in [0.15, 0.2) is 11.5 Å². The lowest BCUT2D eigenvalue weighted by atomic mass is 9.74. The highest BCUT2D eigenvalue weighted by molar-refractivity contribution is 5.96. The minimum Gasteiger partial charge on any atom is -0.493 e. The van der Waals surface area contributed by atoms with Crippen LogP contribution < -0.4 is 14.8 Å². The van der Waals surface area contributed by atoms with E-state index in [1.54, 1.807) is 20.3 Å². The first-order valence-corrected chi connectivity index (χ1v) is 10.1. The largest absolute Gasteiger partial charge is 0.493 e. The molecular weight excluding hydrogens is 378 g/mol. The van der Waals surface area contributed by atoms with Crippen LogP contribution in [0.15, 0.2) is 60.7 Å². The minimum absolute atomic E-state index is 0.111. The first-order chi connectivity index (χ1) is 14.6. The molecular formula is C25H23NO4. The fourth-order valence-electron chi connectivity index (χ4n) is 5.23. The number of carboxylic acids is 1. The Morgan fingerprint density at radius 2 is 1.67 bits per heavy atom. The smallest absolute Gasteiger partial charge is 0.337 e. The summed E-state index contributed by atoms with van der Waals surface area (Å²) in [5, 5.41) is 13.4. The molecule has 1 aliphatic carbocycles. The summed E-state index contributed by atoms with van der Waals surface area (Å²) in [6.07, 6.45) is 0.912. The van der Waals surface area contributed by atoms with Crippen LogP contribution in [0.2, 0.25) is 0 Å². The third kappa shape index (κ3) is 2.65. The summed E-state index contributed by atoms with van der Waals surface area (Å²) in [4.78, 5) is 12.0. The molecule has 0 saturated heterocycles. The van der Waals surface area contributed by atoms with Gasteiger partial charge in [-0.25, -0.2) is 4.79 Å². The molecule has 5 nitrogen and oxygen atoms in total. The van der Waals surface area contributed by atoms with Crippen LogP contribution in [-0.4, -0.2) is 25.3 Å².